The van der Waals surface area contributed by atoms with Gasteiger partial charge >= 0.3 is 0 Å². The summed E-state index contributed by atoms with van der Waals surface area (Å²) in [5.74, 6) is 0.994. The first-order chi connectivity index (χ1) is 16.1. The van der Waals surface area contributed by atoms with Crippen LogP contribution in [0.1, 0.15) is 28.6 Å². The number of para-hydroxylation sites is 1. The summed E-state index contributed by atoms with van der Waals surface area (Å²) in [4.78, 5) is 24.9. The zero-order chi connectivity index (χ0) is 22.8. The molecule has 3 aromatic carbocycles. The molecular weight excluding hydrogens is 412 g/mol. The lowest BCUT2D eigenvalue weighted by atomic mass is 10.0. The summed E-state index contributed by atoms with van der Waals surface area (Å²) < 4.78 is 6.02. The largest absolute Gasteiger partial charge is 0.457 e. The van der Waals surface area contributed by atoms with Crippen LogP contribution in [-0.4, -0.2) is 17.4 Å². The van der Waals surface area contributed by atoms with Crippen molar-refractivity contribution in [3.8, 4) is 11.3 Å². The summed E-state index contributed by atoms with van der Waals surface area (Å²) in [5, 5.41) is 6.05. The molecule has 1 aromatic heterocycles. The van der Waals surface area contributed by atoms with Gasteiger partial charge in [-0.3, -0.25) is 9.59 Å². The number of anilines is 1. The lowest BCUT2D eigenvalue weighted by Gasteiger charge is -2.10. The molecule has 5 rings (SSSR count). The monoisotopic (exact) mass is 432 g/mol. The van der Waals surface area contributed by atoms with Crippen LogP contribution in [0, 0.1) is 0 Å². The van der Waals surface area contributed by atoms with Crippen molar-refractivity contribution in [1.82, 2.24) is 0 Å². The fourth-order valence-corrected chi connectivity index (χ4v) is 3.70. The van der Waals surface area contributed by atoms with Crippen molar-refractivity contribution in [2.45, 2.75) is 6.92 Å². The van der Waals surface area contributed by atoms with E-state index in [-0.39, 0.29) is 11.7 Å². The lowest BCUT2D eigenvalue weighted by molar-refractivity contribution is -0.114. The second-order valence-corrected chi connectivity index (χ2v) is 7.66. The summed E-state index contributed by atoms with van der Waals surface area (Å²) in [6.07, 6.45) is 1.73. The Morgan fingerprint density at radius 1 is 0.818 bits per heavy atom. The zero-order valence-corrected chi connectivity index (χ0v) is 17.9. The molecule has 2 heterocycles. The first-order valence-corrected chi connectivity index (χ1v) is 10.6. The molecule has 0 saturated carbocycles. The van der Waals surface area contributed by atoms with E-state index in [4.69, 9.17) is 4.42 Å². The molecule has 1 amide bonds. The Hall–Kier alpha value is -4.51. The third kappa shape index (κ3) is 4.04. The number of nitrogens with zero attached hydrogens (tertiary/aromatic N) is 2. The summed E-state index contributed by atoms with van der Waals surface area (Å²) in [5.41, 5.74) is 4.09. The third-order valence-electron chi connectivity index (χ3n) is 5.42. The van der Waals surface area contributed by atoms with Crippen LogP contribution >= 0.6 is 0 Å². The molecular formula is C28H20N2O3. The van der Waals surface area contributed by atoms with Crippen molar-refractivity contribution in [3.05, 3.63) is 120 Å². The molecule has 0 atom stereocenters. The Kier molecular flexibility index (Phi) is 5.29. The second-order valence-electron chi connectivity index (χ2n) is 7.66. The fraction of sp³-hybridized carbons (Fsp3) is 0.0357. The van der Waals surface area contributed by atoms with Crippen LogP contribution in [0.25, 0.3) is 17.4 Å². The Labute approximate surface area is 191 Å². The van der Waals surface area contributed by atoms with Crippen LogP contribution in [0.5, 0.6) is 0 Å². The van der Waals surface area contributed by atoms with Crippen LogP contribution in [0.4, 0.5) is 5.69 Å². The van der Waals surface area contributed by atoms with Crippen molar-refractivity contribution in [2.75, 3.05) is 5.01 Å². The van der Waals surface area contributed by atoms with Crippen LogP contribution in [0.2, 0.25) is 0 Å². The van der Waals surface area contributed by atoms with Crippen LogP contribution in [0.3, 0.4) is 0 Å². The number of carbonyl (C=O) groups is 2. The number of benzene rings is 3. The van der Waals surface area contributed by atoms with Gasteiger partial charge in [-0.05, 0) is 37.3 Å². The number of Topliss-reactive ketones (excluding diaryl/α,β-unsaturated/α-hetero) is 1. The number of hydrogen-bond acceptors (Lipinski definition) is 4. The standard InChI is InChI=1S/C28H20N2O3/c1-19(31)20-12-14-21(15-13-20)26-17-16-24(33-26)18-25-27(22-8-4-2-5-9-22)29-30(28(25)32)23-10-6-3-7-11-23/h2-18H,1H3/b25-18-. The summed E-state index contributed by atoms with van der Waals surface area (Å²) >= 11 is 0. The first-order valence-electron chi connectivity index (χ1n) is 10.6. The van der Waals surface area contributed by atoms with Gasteiger partial charge in [0.25, 0.3) is 5.91 Å². The van der Waals surface area contributed by atoms with E-state index in [1.165, 1.54) is 11.9 Å². The second kappa shape index (κ2) is 8.55. The Morgan fingerprint density at radius 2 is 1.48 bits per heavy atom. The summed E-state index contributed by atoms with van der Waals surface area (Å²) in [6.45, 7) is 1.54. The SMILES string of the molecule is CC(=O)c1ccc(-c2ccc(/C=C3\C(=O)N(c4ccccc4)N=C3c3ccccc3)o2)cc1. The number of furan rings is 1. The minimum atomic E-state index is -0.219. The number of carbonyl (C=O) groups excluding carboxylic acids is 2. The smallest absolute Gasteiger partial charge is 0.281 e. The number of ketones is 1. The van der Waals surface area contributed by atoms with E-state index in [9.17, 15) is 9.59 Å². The van der Waals surface area contributed by atoms with E-state index >= 15 is 0 Å². The lowest BCUT2D eigenvalue weighted by Crippen LogP contribution is -2.21. The van der Waals surface area contributed by atoms with E-state index in [0.717, 1.165) is 11.1 Å². The fourth-order valence-electron chi connectivity index (χ4n) is 3.70. The molecule has 4 aromatic rings. The number of rotatable bonds is 5. The maximum absolute atomic E-state index is 13.3. The van der Waals surface area contributed by atoms with Crippen LogP contribution < -0.4 is 5.01 Å². The van der Waals surface area contributed by atoms with E-state index in [1.807, 2.05) is 84.9 Å². The van der Waals surface area contributed by atoms with E-state index in [1.54, 1.807) is 18.2 Å². The molecule has 160 valence electrons. The molecule has 1 aliphatic heterocycles. The first kappa shape index (κ1) is 20.4. The van der Waals surface area contributed by atoms with Gasteiger partial charge in [0.1, 0.15) is 17.2 Å². The predicted octanol–water partition coefficient (Wildman–Crippen LogP) is 5.98. The highest BCUT2D eigenvalue weighted by Gasteiger charge is 2.32. The maximum Gasteiger partial charge on any atom is 0.281 e. The van der Waals surface area contributed by atoms with E-state index in [0.29, 0.717) is 34.1 Å². The van der Waals surface area contributed by atoms with Gasteiger partial charge in [-0.25, -0.2) is 0 Å². The average molecular weight is 432 g/mol. The number of hydrazone groups is 1. The highest BCUT2D eigenvalue weighted by Crippen LogP contribution is 2.29. The van der Waals surface area contributed by atoms with Gasteiger partial charge in [0.15, 0.2) is 5.78 Å². The van der Waals surface area contributed by atoms with Crippen molar-refractivity contribution >= 4 is 29.2 Å². The van der Waals surface area contributed by atoms with Gasteiger partial charge in [-0.2, -0.15) is 10.1 Å². The molecule has 1 aliphatic rings. The van der Waals surface area contributed by atoms with Gasteiger partial charge in [0.2, 0.25) is 0 Å². The Balaban J connectivity index is 1.52. The Morgan fingerprint density at radius 3 is 2.15 bits per heavy atom. The van der Waals surface area contributed by atoms with E-state index in [2.05, 4.69) is 5.10 Å². The molecule has 0 bridgehead atoms. The molecule has 5 nitrogen and oxygen atoms in total. The topological polar surface area (TPSA) is 62.9 Å². The maximum atomic E-state index is 13.3. The van der Waals surface area contributed by atoms with E-state index < -0.39 is 0 Å². The minimum Gasteiger partial charge on any atom is -0.457 e. The van der Waals surface area contributed by atoms with Gasteiger partial charge in [-0.1, -0.05) is 72.8 Å². The molecule has 5 heteroatoms. The zero-order valence-electron chi connectivity index (χ0n) is 17.9. The number of amides is 1. The van der Waals surface area contributed by atoms with Crippen molar-refractivity contribution < 1.29 is 14.0 Å². The summed E-state index contributed by atoms with van der Waals surface area (Å²) in [6, 6.07) is 29.9. The normalized spacial score (nSPS) is 14.6. The molecule has 0 spiro atoms. The van der Waals surface area contributed by atoms with Gasteiger partial charge in [0, 0.05) is 16.7 Å². The summed E-state index contributed by atoms with van der Waals surface area (Å²) in [7, 11) is 0. The van der Waals surface area contributed by atoms with Crippen LogP contribution in [0.15, 0.2) is 112 Å². The highest BCUT2D eigenvalue weighted by molar-refractivity contribution is 6.37. The van der Waals surface area contributed by atoms with Crippen molar-refractivity contribution in [3.63, 3.8) is 0 Å². The molecule has 0 radical (unpaired) electrons. The van der Waals surface area contributed by atoms with Crippen molar-refractivity contribution in [1.29, 1.82) is 0 Å². The third-order valence-corrected chi connectivity index (χ3v) is 5.42. The minimum absolute atomic E-state index is 0.0156. The van der Waals surface area contributed by atoms with Gasteiger partial charge < -0.3 is 4.42 Å². The molecule has 0 aliphatic carbocycles. The molecule has 0 saturated heterocycles. The highest BCUT2D eigenvalue weighted by atomic mass is 16.3. The predicted molar refractivity (Wildman–Crippen MR) is 129 cm³/mol. The van der Waals surface area contributed by atoms with Crippen LogP contribution in [-0.2, 0) is 4.79 Å². The molecule has 0 unspecified atom stereocenters. The number of hydrogen-bond donors (Lipinski definition) is 0. The average Bonchev–Trinajstić information content (AvgIpc) is 3.45. The molecule has 33 heavy (non-hydrogen) atoms. The molecule has 0 N–H and O–H groups in total. The Bertz CT molecular complexity index is 1380. The quantitative estimate of drug-likeness (QED) is 0.288. The van der Waals surface area contributed by atoms with Crippen molar-refractivity contribution in [2.24, 2.45) is 5.10 Å². The van der Waals surface area contributed by atoms with Gasteiger partial charge in [-0.15, -0.1) is 0 Å². The van der Waals surface area contributed by atoms with Gasteiger partial charge in [0.05, 0.1) is 11.3 Å². The molecule has 0 fully saturated rings.